The van der Waals surface area contributed by atoms with E-state index in [1.54, 1.807) is 0 Å². The molecule has 2 aromatic heterocycles. The van der Waals surface area contributed by atoms with Crippen LogP contribution in [0.2, 0.25) is 0 Å². The van der Waals surface area contributed by atoms with Crippen molar-refractivity contribution in [1.82, 2.24) is 19.9 Å². The van der Waals surface area contributed by atoms with E-state index in [4.69, 9.17) is 9.72 Å². The molecular weight excluding hydrogens is 420 g/mol. The number of ether oxygens (including phenoxy) is 1. The molecular formula is C29H24N4O. The highest BCUT2D eigenvalue weighted by atomic mass is 16.5. The van der Waals surface area contributed by atoms with Gasteiger partial charge in [-0.05, 0) is 58.5 Å². The lowest BCUT2D eigenvalue weighted by Gasteiger charge is -2.18. The number of aromatic amines is 2. The van der Waals surface area contributed by atoms with Crippen LogP contribution in [0.5, 0.6) is 5.75 Å². The number of nitrogens with zero attached hydrogens (tertiary/aromatic N) is 2. The van der Waals surface area contributed by atoms with Crippen molar-refractivity contribution in [3.8, 4) is 28.1 Å². The fourth-order valence-electron chi connectivity index (χ4n) is 5.13. The summed E-state index contributed by atoms with van der Waals surface area (Å²) in [7, 11) is 0. The molecule has 0 spiro atoms. The van der Waals surface area contributed by atoms with E-state index < -0.39 is 0 Å². The molecule has 0 saturated carbocycles. The Kier molecular flexibility index (Phi) is 3.95. The topological polar surface area (TPSA) is 66.6 Å². The number of rotatable bonds is 2. The molecule has 0 saturated heterocycles. The molecule has 2 N–H and O–H groups in total. The second-order valence-corrected chi connectivity index (χ2v) is 9.48. The molecule has 3 heterocycles. The van der Waals surface area contributed by atoms with Gasteiger partial charge in [0.15, 0.2) is 0 Å². The van der Waals surface area contributed by atoms with Gasteiger partial charge >= 0.3 is 0 Å². The molecule has 5 heteroatoms. The van der Waals surface area contributed by atoms with Gasteiger partial charge in [0.25, 0.3) is 0 Å². The summed E-state index contributed by atoms with van der Waals surface area (Å²) in [6.07, 6.45) is 0. The fourth-order valence-corrected chi connectivity index (χ4v) is 5.13. The summed E-state index contributed by atoms with van der Waals surface area (Å²) >= 11 is 0. The van der Waals surface area contributed by atoms with E-state index in [2.05, 4.69) is 89.5 Å². The van der Waals surface area contributed by atoms with E-state index in [0.29, 0.717) is 12.5 Å². The van der Waals surface area contributed by atoms with Gasteiger partial charge in [0, 0.05) is 16.9 Å². The zero-order valence-corrected chi connectivity index (χ0v) is 19.4. The molecule has 0 unspecified atom stereocenters. The minimum Gasteiger partial charge on any atom is -0.487 e. The molecule has 4 aromatic carbocycles. The normalized spacial score (nSPS) is 12.9. The summed E-state index contributed by atoms with van der Waals surface area (Å²) in [4.78, 5) is 16.3. The number of nitrogens with one attached hydrogen (secondary N) is 2. The van der Waals surface area contributed by atoms with E-state index in [1.807, 2.05) is 6.92 Å². The van der Waals surface area contributed by atoms with Crippen molar-refractivity contribution in [1.29, 1.82) is 0 Å². The van der Waals surface area contributed by atoms with E-state index >= 15 is 0 Å². The lowest BCUT2D eigenvalue weighted by molar-refractivity contribution is 0.298. The third kappa shape index (κ3) is 2.80. The van der Waals surface area contributed by atoms with Crippen molar-refractivity contribution in [3.63, 3.8) is 0 Å². The molecule has 7 rings (SSSR count). The molecule has 166 valence electrons. The van der Waals surface area contributed by atoms with Gasteiger partial charge in [-0.1, -0.05) is 50.2 Å². The molecule has 0 radical (unpaired) electrons. The first-order valence-electron chi connectivity index (χ1n) is 11.7. The van der Waals surface area contributed by atoms with Crippen LogP contribution in [0.3, 0.4) is 0 Å². The third-order valence-corrected chi connectivity index (χ3v) is 6.87. The molecule has 6 aromatic rings. The maximum Gasteiger partial charge on any atom is 0.130 e. The summed E-state index contributed by atoms with van der Waals surface area (Å²) in [5, 5.41) is 4.87. The number of aromatic nitrogens is 4. The van der Waals surface area contributed by atoms with Gasteiger partial charge in [0.2, 0.25) is 0 Å². The lowest BCUT2D eigenvalue weighted by atomic mass is 9.95. The van der Waals surface area contributed by atoms with Gasteiger partial charge in [-0.15, -0.1) is 0 Å². The Morgan fingerprint density at radius 1 is 0.824 bits per heavy atom. The Balaban J connectivity index is 1.34. The predicted molar refractivity (Wildman–Crippen MR) is 137 cm³/mol. The smallest absolute Gasteiger partial charge is 0.130 e. The van der Waals surface area contributed by atoms with Crippen LogP contribution in [0.25, 0.3) is 55.0 Å². The van der Waals surface area contributed by atoms with Crippen molar-refractivity contribution >= 4 is 32.6 Å². The van der Waals surface area contributed by atoms with Crippen LogP contribution in [0, 0.1) is 6.92 Å². The number of hydrogen-bond acceptors (Lipinski definition) is 3. The molecule has 0 aliphatic carbocycles. The fraction of sp³-hybridized carbons (Fsp3) is 0.172. The van der Waals surface area contributed by atoms with Gasteiger partial charge in [-0.3, -0.25) is 0 Å². The minimum absolute atomic E-state index is 0.370. The number of hydrogen-bond donors (Lipinski definition) is 2. The number of benzene rings is 4. The summed E-state index contributed by atoms with van der Waals surface area (Å²) in [6.45, 7) is 6.83. The van der Waals surface area contributed by atoms with Gasteiger partial charge in [-0.25, -0.2) is 9.97 Å². The van der Waals surface area contributed by atoms with E-state index in [0.717, 1.165) is 50.9 Å². The molecule has 1 aliphatic rings. The summed E-state index contributed by atoms with van der Waals surface area (Å²) in [6, 6.07) is 21.9. The monoisotopic (exact) mass is 444 g/mol. The molecule has 0 atom stereocenters. The standard InChI is InChI=1S/C29H24N4O/c1-15(2)29-32-24-11-10-21-20-7-4-17(12-19(20)6-8-22(21)27(24)33-29)18-5-9-23-26(13-18)34-14-25-28(23)31-16(3)30-25/h4-13,15H,14H2,1-3H3,(H,30,31)(H,32,33). The zero-order chi connectivity index (χ0) is 23.0. The van der Waals surface area contributed by atoms with E-state index in [-0.39, 0.29) is 0 Å². The number of H-pyrrole nitrogens is 2. The second-order valence-electron chi connectivity index (χ2n) is 9.48. The SMILES string of the molecule is Cc1nc2c([nH]1)COc1cc(-c3ccc4c(ccc5c4ccc4[nH]c(C(C)C)nc45)c3)ccc1-2. The Morgan fingerprint density at radius 2 is 1.62 bits per heavy atom. The second kappa shape index (κ2) is 6.94. The highest BCUT2D eigenvalue weighted by Crippen LogP contribution is 2.40. The van der Waals surface area contributed by atoms with Crippen LogP contribution in [0.15, 0.2) is 60.7 Å². The Morgan fingerprint density at radius 3 is 2.50 bits per heavy atom. The Bertz CT molecular complexity index is 1760. The first-order valence-corrected chi connectivity index (χ1v) is 11.7. The maximum atomic E-state index is 6.05. The maximum absolute atomic E-state index is 6.05. The van der Waals surface area contributed by atoms with Crippen LogP contribution in [-0.2, 0) is 6.61 Å². The summed E-state index contributed by atoms with van der Waals surface area (Å²) < 4.78 is 6.05. The molecule has 0 fully saturated rings. The van der Waals surface area contributed by atoms with Gasteiger partial charge in [0.1, 0.15) is 24.0 Å². The Hall–Kier alpha value is -4.12. The van der Waals surface area contributed by atoms with Crippen molar-refractivity contribution in [2.45, 2.75) is 33.3 Å². The van der Waals surface area contributed by atoms with Crippen molar-refractivity contribution in [3.05, 3.63) is 78.0 Å². The highest BCUT2D eigenvalue weighted by molar-refractivity contribution is 6.16. The van der Waals surface area contributed by atoms with Gasteiger partial charge < -0.3 is 14.7 Å². The molecule has 0 bridgehead atoms. The van der Waals surface area contributed by atoms with Crippen molar-refractivity contribution < 1.29 is 4.74 Å². The van der Waals surface area contributed by atoms with E-state index in [1.165, 1.54) is 27.1 Å². The van der Waals surface area contributed by atoms with E-state index in [9.17, 15) is 0 Å². The molecule has 1 aliphatic heterocycles. The third-order valence-electron chi connectivity index (χ3n) is 6.87. The number of fused-ring (bicyclic) bond motifs is 8. The van der Waals surface area contributed by atoms with Crippen LogP contribution in [0.4, 0.5) is 0 Å². The first kappa shape index (κ1) is 19.4. The van der Waals surface area contributed by atoms with Gasteiger partial charge in [0.05, 0.1) is 22.4 Å². The van der Waals surface area contributed by atoms with Crippen LogP contribution in [0.1, 0.15) is 37.1 Å². The minimum atomic E-state index is 0.370. The zero-order valence-electron chi connectivity index (χ0n) is 19.4. The van der Waals surface area contributed by atoms with Crippen LogP contribution >= 0.6 is 0 Å². The lowest BCUT2D eigenvalue weighted by Crippen LogP contribution is -2.05. The van der Waals surface area contributed by atoms with Crippen LogP contribution < -0.4 is 4.74 Å². The Labute approximate surface area is 196 Å². The number of aryl methyl sites for hydroxylation is 1. The quantitative estimate of drug-likeness (QED) is 0.276. The molecule has 0 amide bonds. The van der Waals surface area contributed by atoms with Crippen molar-refractivity contribution in [2.75, 3.05) is 0 Å². The largest absolute Gasteiger partial charge is 0.487 e. The molecule has 5 nitrogen and oxygen atoms in total. The summed E-state index contributed by atoms with van der Waals surface area (Å²) in [5.41, 5.74) is 7.54. The average Bonchev–Trinajstić information content (AvgIpc) is 3.46. The highest BCUT2D eigenvalue weighted by Gasteiger charge is 2.21. The van der Waals surface area contributed by atoms with Crippen molar-refractivity contribution in [2.24, 2.45) is 0 Å². The average molecular weight is 445 g/mol. The molecule has 34 heavy (non-hydrogen) atoms. The first-order chi connectivity index (χ1) is 16.5. The van der Waals surface area contributed by atoms with Crippen LogP contribution in [-0.4, -0.2) is 19.9 Å². The van der Waals surface area contributed by atoms with Gasteiger partial charge in [-0.2, -0.15) is 0 Å². The summed E-state index contributed by atoms with van der Waals surface area (Å²) in [5.74, 6) is 3.20. The predicted octanol–water partition coefficient (Wildman–Crippen LogP) is 7.25. The number of imidazole rings is 2.